The van der Waals surface area contributed by atoms with E-state index in [0.29, 0.717) is 0 Å². The maximum atomic E-state index is 4.20. The Labute approximate surface area is 107 Å². The normalized spacial score (nSPS) is 13.2. The van der Waals surface area contributed by atoms with Crippen molar-refractivity contribution < 1.29 is 0 Å². The van der Waals surface area contributed by atoms with Gasteiger partial charge in [0, 0.05) is 12.7 Å². The predicted octanol–water partition coefficient (Wildman–Crippen LogP) is 3.36. The molecule has 0 fully saturated rings. The first kappa shape index (κ1) is 11.1. The summed E-state index contributed by atoms with van der Waals surface area (Å²) in [5.74, 6) is 0. The van der Waals surface area contributed by atoms with Crippen molar-refractivity contribution in [3.63, 3.8) is 0 Å². The lowest BCUT2D eigenvalue weighted by atomic mass is 10.1. The first-order valence-corrected chi connectivity index (χ1v) is 6.37. The minimum atomic E-state index is 1.01. The van der Waals surface area contributed by atoms with Crippen LogP contribution in [0.3, 0.4) is 0 Å². The van der Waals surface area contributed by atoms with Gasteiger partial charge in [-0.05, 0) is 48.6 Å². The second-order valence-electron chi connectivity index (χ2n) is 4.67. The zero-order valence-electron chi connectivity index (χ0n) is 10.5. The predicted molar refractivity (Wildman–Crippen MR) is 75.5 cm³/mol. The molecule has 92 valence electrons. The van der Waals surface area contributed by atoms with Crippen LogP contribution in [0.4, 0.5) is 17.1 Å². The Morgan fingerprint density at radius 2 is 1.78 bits per heavy atom. The SMILES string of the molecule is CNc1cncc(Nc2ccc3c(c2)CCC3)c1. The molecule has 18 heavy (non-hydrogen) atoms. The summed E-state index contributed by atoms with van der Waals surface area (Å²) in [5.41, 5.74) is 6.16. The summed E-state index contributed by atoms with van der Waals surface area (Å²) in [6.07, 6.45) is 7.38. The van der Waals surface area contributed by atoms with Gasteiger partial charge in [0.15, 0.2) is 0 Å². The van der Waals surface area contributed by atoms with Crippen molar-refractivity contribution in [2.45, 2.75) is 19.3 Å². The highest BCUT2D eigenvalue weighted by Gasteiger charge is 2.10. The number of benzene rings is 1. The van der Waals surface area contributed by atoms with E-state index < -0.39 is 0 Å². The number of nitrogens with one attached hydrogen (secondary N) is 2. The van der Waals surface area contributed by atoms with Crippen molar-refractivity contribution >= 4 is 17.1 Å². The largest absolute Gasteiger partial charge is 0.387 e. The Bertz CT molecular complexity index is 563. The minimum Gasteiger partial charge on any atom is -0.387 e. The fourth-order valence-electron chi connectivity index (χ4n) is 2.46. The molecule has 1 heterocycles. The fourth-order valence-corrected chi connectivity index (χ4v) is 2.46. The van der Waals surface area contributed by atoms with Crippen LogP contribution in [0.2, 0.25) is 0 Å². The van der Waals surface area contributed by atoms with Gasteiger partial charge in [0.05, 0.1) is 23.8 Å². The number of anilines is 3. The molecule has 1 aliphatic carbocycles. The number of rotatable bonds is 3. The number of pyridine rings is 1. The van der Waals surface area contributed by atoms with Crippen LogP contribution in [0.5, 0.6) is 0 Å². The van der Waals surface area contributed by atoms with Crippen LogP contribution in [0.25, 0.3) is 0 Å². The van der Waals surface area contributed by atoms with Crippen LogP contribution in [0.1, 0.15) is 17.5 Å². The van der Waals surface area contributed by atoms with Crippen LogP contribution in [-0.2, 0) is 12.8 Å². The maximum absolute atomic E-state index is 4.20. The third-order valence-corrected chi connectivity index (χ3v) is 3.41. The third-order valence-electron chi connectivity index (χ3n) is 3.41. The molecule has 0 aliphatic heterocycles. The van der Waals surface area contributed by atoms with Crippen molar-refractivity contribution in [3.05, 3.63) is 47.8 Å². The number of hydrogen-bond donors (Lipinski definition) is 2. The van der Waals surface area contributed by atoms with Crippen molar-refractivity contribution in [3.8, 4) is 0 Å². The van der Waals surface area contributed by atoms with Crippen LogP contribution < -0.4 is 10.6 Å². The lowest BCUT2D eigenvalue weighted by Crippen LogP contribution is -1.95. The molecular formula is C15H17N3. The fraction of sp³-hybridized carbons (Fsp3) is 0.267. The quantitative estimate of drug-likeness (QED) is 0.862. The van der Waals surface area contributed by atoms with Gasteiger partial charge >= 0.3 is 0 Å². The Balaban J connectivity index is 1.83. The molecule has 1 aromatic carbocycles. The van der Waals surface area contributed by atoms with Crippen molar-refractivity contribution in [2.24, 2.45) is 0 Å². The molecule has 0 atom stereocenters. The van der Waals surface area contributed by atoms with Crippen molar-refractivity contribution in [1.82, 2.24) is 4.98 Å². The second-order valence-corrected chi connectivity index (χ2v) is 4.67. The summed E-state index contributed by atoms with van der Waals surface area (Å²) in [5, 5.41) is 6.50. The van der Waals surface area contributed by atoms with Crippen LogP contribution in [-0.4, -0.2) is 12.0 Å². The molecule has 3 nitrogen and oxygen atoms in total. The number of aromatic nitrogens is 1. The van der Waals surface area contributed by atoms with Crippen LogP contribution in [0.15, 0.2) is 36.7 Å². The molecule has 0 saturated heterocycles. The Kier molecular flexibility index (Phi) is 2.89. The molecular weight excluding hydrogens is 222 g/mol. The zero-order chi connectivity index (χ0) is 12.4. The average Bonchev–Trinajstić information content (AvgIpc) is 2.86. The molecule has 3 rings (SSSR count). The number of aryl methyl sites for hydroxylation is 2. The smallest absolute Gasteiger partial charge is 0.0591 e. The summed E-state index contributed by atoms with van der Waals surface area (Å²) in [6.45, 7) is 0. The number of hydrogen-bond acceptors (Lipinski definition) is 3. The second kappa shape index (κ2) is 4.69. The van der Waals surface area contributed by atoms with E-state index in [1.54, 1.807) is 0 Å². The Hall–Kier alpha value is -2.03. The summed E-state index contributed by atoms with van der Waals surface area (Å²) in [4.78, 5) is 4.20. The number of nitrogens with zero attached hydrogens (tertiary/aromatic N) is 1. The maximum Gasteiger partial charge on any atom is 0.0591 e. The molecule has 2 aromatic rings. The van der Waals surface area contributed by atoms with Gasteiger partial charge in [0.1, 0.15) is 0 Å². The van der Waals surface area contributed by atoms with E-state index in [0.717, 1.165) is 17.1 Å². The van der Waals surface area contributed by atoms with Crippen molar-refractivity contribution in [1.29, 1.82) is 0 Å². The van der Waals surface area contributed by atoms with E-state index in [2.05, 4.69) is 39.9 Å². The van der Waals surface area contributed by atoms with Gasteiger partial charge in [-0.3, -0.25) is 4.98 Å². The van der Waals surface area contributed by atoms with Gasteiger partial charge in [0.2, 0.25) is 0 Å². The summed E-state index contributed by atoms with van der Waals surface area (Å²) in [7, 11) is 1.90. The van der Waals surface area contributed by atoms with Crippen molar-refractivity contribution in [2.75, 3.05) is 17.7 Å². The van der Waals surface area contributed by atoms with Gasteiger partial charge in [0.25, 0.3) is 0 Å². The van der Waals surface area contributed by atoms with E-state index in [1.807, 2.05) is 19.4 Å². The highest BCUT2D eigenvalue weighted by Crippen LogP contribution is 2.26. The van der Waals surface area contributed by atoms with E-state index >= 15 is 0 Å². The topological polar surface area (TPSA) is 37.0 Å². The molecule has 0 unspecified atom stereocenters. The molecule has 0 spiro atoms. The highest BCUT2D eigenvalue weighted by molar-refractivity contribution is 5.64. The zero-order valence-corrected chi connectivity index (χ0v) is 10.5. The molecule has 2 N–H and O–H groups in total. The molecule has 0 radical (unpaired) electrons. The Morgan fingerprint density at radius 1 is 0.944 bits per heavy atom. The van der Waals surface area contributed by atoms with Gasteiger partial charge in [-0.25, -0.2) is 0 Å². The van der Waals surface area contributed by atoms with Crippen LogP contribution in [0, 0.1) is 0 Å². The first-order chi connectivity index (χ1) is 8.85. The van der Waals surface area contributed by atoms with E-state index in [4.69, 9.17) is 0 Å². The van der Waals surface area contributed by atoms with Gasteiger partial charge in [-0.2, -0.15) is 0 Å². The van der Waals surface area contributed by atoms with Gasteiger partial charge in [-0.15, -0.1) is 0 Å². The van der Waals surface area contributed by atoms with E-state index in [9.17, 15) is 0 Å². The highest BCUT2D eigenvalue weighted by atomic mass is 14.9. The Morgan fingerprint density at radius 3 is 2.67 bits per heavy atom. The first-order valence-electron chi connectivity index (χ1n) is 6.37. The molecule has 1 aromatic heterocycles. The molecule has 0 saturated carbocycles. The average molecular weight is 239 g/mol. The molecule has 1 aliphatic rings. The lowest BCUT2D eigenvalue weighted by molar-refractivity contribution is 0.912. The minimum absolute atomic E-state index is 1.01. The standard InChI is InChI=1S/C15H17N3/c1-16-14-8-15(10-17-9-14)18-13-6-5-11-3-2-4-12(11)7-13/h5-10,16,18H,2-4H2,1H3. The summed E-state index contributed by atoms with van der Waals surface area (Å²) < 4.78 is 0. The van der Waals surface area contributed by atoms with E-state index in [1.165, 1.54) is 30.4 Å². The summed E-state index contributed by atoms with van der Waals surface area (Å²) in [6, 6.07) is 8.70. The molecule has 0 bridgehead atoms. The van der Waals surface area contributed by atoms with E-state index in [-0.39, 0.29) is 0 Å². The van der Waals surface area contributed by atoms with Crippen LogP contribution >= 0.6 is 0 Å². The molecule has 0 amide bonds. The van der Waals surface area contributed by atoms with Gasteiger partial charge < -0.3 is 10.6 Å². The molecule has 3 heteroatoms. The monoisotopic (exact) mass is 239 g/mol. The third kappa shape index (κ3) is 2.16. The summed E-state index contributed by atoms with van der Waals surface area (Å²) >= 11 is 0. The van der Waals surface area contributed by atoms with Gasteiger partial charge in [-0.1, -0.05) is 6.07 Å². The number of fused-ring (bicyclic) bond motifs is 1. The lowest BCUT2D eigenvalue weighted by Gasteiger charge is -2.09.